The standard InChI is InChI=1S/C14H30N2.C5H12.C2H6/c1-4-12-6-8-14(9-7-12)16(3)13(5-2)10-11-15;1-3-5-4-2;1-2/h12-14H,4-11,15H2,1-3H3;3-5H2,1-2H3;1-2H3. The first kappa shape index (κ1) is 25.2. The SMILES string of the molecule is CC.CCC1CCC(N(C)C(CC)CCN)CC1.CCCCC. The van der Waals surface area contributed by atoms with Gasteiger partial charge in [0.05, 0.1) is 0 Å². The van der Waals surface area contributed by atoms with Gasteiger partial charge in [-0.1, -0.05) is 67.2 Å². The molecule has 1 unspecified atom stereocenters. The van der Waals surface area contributed by atoms with Crippen molar-refractivity contribution in [3.63, 3.8) is 0 Å². The summed E-state index contributed by atoms with van der Waals surface area (Å²) in [5, 5.41) is 0. The quantitative estimate of drug-likeness (QED) is 0.571. The summed E-state index contributed by atoms with van der Waals surface area (Å²) in [6.07, 6.45) is 13.5. The second-order valence-electron chi connectivity index (χ2n) is 6.74. The van der Waals surface area contributed by atoms with E-state index in [0.29, 0.717) is 6.04 Å². The second kappa shape index (κ2) is 18.3. The van der Waals surface area contributed by atoms with E-state index in [9.17, 15) is 0 Å². The molecule has 0 aromatic rings. The fourth-order valence-electron chi connectivity index (χ4n) is 3.50. The van der Waals surface area contributed by atoms with Crippen LogP contribution in [0.3, 0.4) is 0 Å². The van der Waals surface area contributed by atoms with Crippen LogP contribution in [0.25, 0.3) is 0 Å². The molecule has 1 aliphatic rings. The summed E-state index contributed by atoms with van der Waals surface area (Å²) in [7, 11) is 2.31. The van der Waals surface area contributed by atoms with Gasteiger partial charge in [-0.3, -0.25) is 0 Å². The second-order valence-corrected chi connectivity index (χ2v) is 6.74. The molecule has 1 saturated carbocycles. The average molecular weight is 329 g/mol. The molecule has 23 heavy (non-hydrogen) atoms. The van der Waals surface area contributed by atoms with E-state index in [4.69, 9.17) is 5.73 Å². The molecule has 142 valence electrons. The van der Waals surface area contributed by atoms with Gasteiger partial charge in [-0.05, 0) is 58.0 Å². The predicted octanol–water partition coefficient (Wildman–Crippen LogP) is 6.24. The molecule has 0 radical (unpaired) electrons. The third-order valence-corrected chi connectivity index (χ3v) is 5.22. The molecule has 2 heteroatoms. The normalized spacial score (nSPS) is 21.8. The van der Waals surface area contributed by atoms with Crippen molar-refractivity contribution < 1.29 is 0 Å². The molecule has 0 bridgehead atoms. The summed E-state index contributed by atoms with van der Waals surface area (Å²) in [6.45, 7) is 13.9. The summed E-state index contributed by atoms with van der Waals surface area (Å²) in [5.41, 5.74) is 5.69. The van der Waals surface area contributed by atoms with Gasteiger partial charge < -0.3 is 10.6 Å². The molecule has 0 amide bonds. The summed E-state index contributed by atoms with van der Waals surface area (Å²) in [6, 6.07) is 1.52. The van der Waals surface area contributed by atoms with Crippen LogP contribution in [0.15, 0.2) is 0 Å². The Balaban J connectivity index is 0. The van der Waals surface area contributed by atoms with Gasteiger partial charge in [0.2, 0.25) is 0 Å². The zero-order valence-corrected chi connectivity index (χ0v) is 17.5. The van der Waals surface area contributed by atoms with E-state index < -0.39 is 0 Å². The van der Waals surface area contributed by atoms with Crippen molar-refractivity contribution in [1.82, 2.24) is 4.90 Å². The molecule has 0 aliphatic heterocycles. The first-order chi connectivity index (χ1) is 11.1. The van der Waals surface area contributed by atoms with Crippen molar-refractivity contribution in [1.29, 1.82) is 0 Å². The molecule has 0 aromatic heterocycles. The van der Waals surface area contributed by atoms with Gasteiger partial charge >= 0.3 is 0 Å². The van der Waals surface area contributed by atoms with E-state index in [1.807, 2.05) is 13.8 Å². The number of rotatable bonds is 8. The van der Waals surface area contributed by atoms with Gasteiger partial charge in [0.1, 0.15) is 0 Å². The Kier molecular flexibility index (Phi) is 20.0. The lowest BCUT2D eigenvalue weighted by Crippen LogP contribution is -2.42. The van der Waals surface area contributed by atoms with E-state index in [-0.39, 0.29) is 0 Å². The van der Waals surface area contributed by atoms with Crippen LogP contribution in [0.2, 0.25) is 0 Å². The maximum absolute atomic E-state index is 5.69. The summed E-state index contributed by atoms with van der Waals surface area (Å²) < 4.78 is 0. The molecule has 0 aromatic carbocycles. The molecule has 1 fully saturated rings. The molecule has 1 aliphatic carbocycles. The molecular weight excluding hydrogens is 280 g/mol. The molecule has 1 atom stereocenters. The van der Waals surface area contributed by atoms with Crippen LogP contribution in [0.5, 0.6) is 0 Å². The lowest BCUT2D eigenvalue weighted by molar-refractivity contribution is 0.112. The predicted molar refractivity (Wildman–Crippen MR) is 108 cm³/mol. The van der Waals surface area contributed by atoms with Gasteiger partial charge in [0, 0.05) is 12.1 Å². The minimum absolute atomic E-state index is 0.702. The molecule has 2 nitrogen and oxygen atoms in total. The van der Waals surface area contributed by atoms with Crippen LogP contribution in [-0.4, -0.2) is 30.6 Å². The summed E-state index contributed by atoms with van der Waals surface area (Å²) in [4.78, 5) is 2.61. The number of unbranched alkanes of at least 4 members (excludes halogenated alkanes) is 2. The molecule has 0 heterocycles. The van der Waals surface area contributed by atoms with Crippen molar-refractivity contribution >= 4 is 0 Å². The third kappa shape index (κ3) is 12.0. The molecule has 0 spiro atoms. The van der Waals surface area contributed by atoms with E-state index in [0.717, 1.165) is 24.9 Å². The minimum atomic E-state index is 0.702. The van der Waals surface area contributed by atoms with Crippen LogP contribution < -0.4 is 5.73 Å². The Morgan fingerprint density at radius 2 is 1.48 bits per heavy atom. The maximum Gasteiger partial charge on any atom is 0.0104 e. The highest BCUT2D eigenvalue weighted by atomic mass is 15.2. The highest BCUT2D eigenvalue weighted by Gasteiger charge is 2.26. The lowest BCUT2D eigenvalue weighted by Gasteiger charge is -2.38. The van der Waals surface area contributed by atoms with Gasteiger partial charge in [-0.15, -0.1) is 0 Å². The van der Waals surface area contributed by atoms with Crippen LogP contribution in [0, 0.1) is 5.92 Å². The average Bonchev–Trinajstić information content (AvgIpc) is 2.62. The van der Waals surface area contributed by atoms with Gasteiger partial charge in [-0.2, -0.15) is 0 Å². The Labute approximate surface area is 148 Å². The fourth-order valence-corrected chi connectivity index (χ4v) is 3.50. The highest BCUT2D eigenvalue weighted by Crippen LogP contribution is 2.30. The van der Waals surface area contributed by atoms with Crippen LogP contribution >= 0.6 is 0 Å². The van der Waals surface area contributed by atoms with Crippen LogP contribution in [-0.2, 0) is 0 Å². The van der Waals surface area contributed by atoms with Crippen molar-refractivity contribution in [2.75, 3.05) is 13.6 Å². The third-order valence-electron chi connectivity index (χ3n) is 5.22. The molecule has 1 rings (SSSR count). The van der Waals surface area contributed by atoms with Crippen molar-refractivity contribution in [2.45, 2.75) is 118 Å². The van der Waals surface area contributed by atoms with Crippen molar-refractivity contribution in [3.05, 3.63) is 0 Å². The Morgan fingerprint density at radius 1 is 0.957 bits per heavy atom. The number of hydrogen-bond donors (Lipinski definition) is 1. The fraction of sp³-hybridized carbons (Fsp3) is 1.00. The summed E-state index contributed by atoms with van der Waals surface area (Å²) in [5.74, 6) is 0.999. The van der Waals surface area contributed by atoms with E-state index in [1.54, 1.807) is 0 Å². The van der Waals surface area contributed by atoms with E-state index >= 15 is 0 Å². The monoisotopic (exact) mass is 328 g/mol. The minimum Gasteiger partial charge on any atom is -0.330 e. The van der Waals surface area contributed by atoms with E-state index in [1.165, 1.54) is 57.8 Å². The zero-order chi connectivity index (χ0) is 18.1. The van der Waals surface area contributed by atoms with Gasteiger partial charge in [0.25, 0.3) is 0 Å². The van der Waals surface area contributed by atoms with E-state index in [2.05, 4.69) is 39.6 Å². The molecule has 2 N–H and O–H groups in total. The van der Waals surface area contributed by atoms with Gasteiger partial charge in [-0.25, -0.2) is 0 Å². The smallest absolute Gasteiger partial charge is 0.0104 e. The number of nitrogens with zero attached hydrogens (tertiary/aromatic N) is 1. The zero-order valence-electron chi connectivity index (χ0n) is 17.5. The van der Waals surface area contributed by atoms with Crippen molar-refractivity contribution in [2.24, 2.45) is 11.7 Å². The van der Waals surface area contributed by atoms with Crippen molar-refractivity contribution in [3.8, 4) is 0 Å². The number of hydrogen-bond acceptors (Lipinski definition) is 2. The lowest BCUT2D eigenvalue weighted by atomic mass is 9.83. The molecule has 0 saturated heterocycles. The maximum atomic E-state index is 5.69. The van der Waals surface area contributed by atoms with Crippen LogP contribution in [0.4, 0.5) is 0 Å². The number of nitrogens with two attached hydrogens (primary N) is 1. The first-order valence-electron chi connectivity index (χ1n) is 10.6. The molecular formula is C21H48N2. The van der Waals surface area contributed by atoms with Crippen LogP contribution in [0.1, 0.15) is 106 Å². The van der Waals surface area contributed by atoms with Gasteiger partial charge in [0.15, 0.2) is 0 Å². The summed E-state index contributed by atoms with van der Waals surface area (Å²) >= 11 is 0. The highest BCUT2D eigenvalue weighted by molar-refractivity contribution is 4.81. The topological polar surface area (TPSA) is 29.3 Å². The first-order valence-corrected chi connectivity index (χ1v) is 10.6. The Hall–Kier alpha value is -0.0800. The largest absolute Gasteiger partial charge is 0.330 e. The Bertz CT molecular complexity index is 208. The Morgan fingerprint density at radius 3 is 1.78 bits per heavy atom.